The van der Waals surface area contributed by atoms with Gasteiger partial charge in [0.2, 0.25) is 0 Å². The lowest BCUT2D eigenvalue weighted by Crippen LogP contribution is -2.27. The first-order valence-corrected chi connectivity index (χ1v) is 6.76. The van der Waals surface area contributed by atoms with Crippen molar-refractivity contribution in [3.05, 3.63) is 36.0 Å². The number of aromatic nitrogens is 1. The van der Waals surface area contributed by atoms with E-state index in [1.165, 1.54) is 6.20 Å². The summed E-state index contributed by atoms with van der Waals surface area (Å²) in [6, 6.07) is 7.34. The molecule has 0 bridgehead atoms. The van der Waals surface area contributed by atoms with Crippen molar-refractivity contribution in [2.45, 2.75) is 26.0 Å². The lowest BCUT2D eigenvalue weighted by molar-refractivity contribution is 0.0661. The fourth-order valence-electron chi connectivity index (χ4n) is 1.88. The molecule has 0 fully saturated rings. The molecule has 2 rings (SSSR count). The van der Waals surface area contributed by atoms with Gasteiger partial charge >= 0.3 is 6.09 Å². The van der Waals surface area contributed by atoms with Gasteiger partial charge in [-0.2, -0.15) is 0 Å². The van der Waals surface area contributed by atoms with E-state index in [-0.39, 0.29) is 18.9 Å². The Bertz CT molecular complexity index is 630. The van der Waals surface area contributed by atoms with Gasteiger partial charge in [-0.3, -0.25) is 4.98 Å². The first-order valence-electron chi connectivity index (χ1n) is 6.76. The number of aliphatic hydroxyl groups excluding tert-OH is 1. The molecule has 6 nitrogen and oxygen atoms in total. The summed E-state index contributed by atoms with van der Waals surface area (Å²) in [6.07, 6.45) is 0.572. The van der Waals surface area contributed by atoms with E-state index in [2.05, 4.69) is 10.3 Å². The monoisotopic (exact) mass is 290 g/mol. The van der Waals surface area contributed by atoms with Crippen molar-refractivity contribution in [2.24, 2.45) is 0 Å². The first-order chi connectivity index (χ1) is 10.1. The third-order valence-corrected chi connectivity index (χ3v) is 3.15. The number of para-hydroxylation sites is 1. The maximum Gasteiger partial charge on any atom is 0.407 e. The van der Waals surface area contributed by atoms with Gasteiger partial charge in [0.25, 0.3) is 0 Å². The molecule has 0 radical (unpaired) electrons. The van der Waals surface area contributed by atoms with E-state index in [1.807, 2.05) is 24.3 Å². The third kappa shape index (κ3) is 3.82. The molecule has 3 N–H and O–H groups in total. The number of amides is 1. The Kier molecular flexibility index (Phi) is 4.94. The Morgan fingerprint density at radius 1 is 1.43 bits per heavy atom. The number of fused-ring (bicyclic) bond motifs is 1. The summed E-state index contributed by atoms with van der Waals surface area (Å²) in [5, 5.41) is 22.5. The Morgan fingerprint density at radius 2 is 2.19 bits per heavy atom. The molecule has 21 heavy (non-hydrogen) atoms. The van der Waals surface area contributed by atoms with E-state index in [1.54, 1.807) is 6.92 Å². The summed E-state index contributed by atoms with van der Waals surface area (Å²) < 4.78 is 4.87. The Hall–Kier alpha value is -2.34. The fourth-order valence-corrected chi connectivity index (χ4v) is 1.88. The van der Waals surface area contributed by atoms with Crippen LogP contribution in [0.5, 0.6) is 5.75 Å². The van der Waals surface area contributed by atoms with E-state index in [9.17, 15) is 15.0 Å². The van der Waals surface area contributed by atoms with Crippen molar-refractivity contribution in [1.29, 1.82) is 0 Å². The van der Waals surface area contributed by atoms with Gasteiger partial charge in [-0.1, -0.05) is 25.1 Å². The highest BCUT2D eigenvalue weighted by Gasteiger charge is 2.11. The number of nitrogens with zero attached hydrogens (tertiary/aromatic N) is 1. The zero-order chi connectivity index (χ0) is 15.2. The quantitative estimate of drug-likeness (QED) is 0.782. The van der Waals surface area contributed by atoms with Gasteiger partial charge in [0.1, 0.15) is 12.4 Å². The van der Waals surface area contributed by atoms with Gasteiger partial charge in [-0.05, 0) is 12.5 Å². The van der Waals surface area contributed by atoms with Gasteiger partial charge in [-0.15, -0.1) is 0 Å². The molecule has 0 unspecified atom stereocenters. The Balaban J connectivity index is 2.03. The second-order valence-electron chi connectivity index (χ2n) is 4.65. The highest BCUT2D eigenvalue weighted by Crippen LogP contribution is 2.24. The maximum atomic E-state index is 11.5. The molecule has 112 valence electrons. The van der Waals surface area contributed by atoms with Crippen LogP contribution in [0.4, 0.5) is 4.79 Å². The van der Waals surface area contributed by atoms with Crippen LogP contribution < -0.4 is 5.32 Å². The number of alkyl carbamates (subject to hydrolysis) is 1. The smallest absolute Gasteiger partial charge is 0.407 e. The Morgan fingerprint density at radius 3 is 2.95 bits per heavy atom. The predicted octanol–water partition coefficient (Wildman–Crippen LogP) is 1.94. The topological polar surface area (TPSA) is 91.7 Å². The van der Waals surface area contributed by atoms with Crippen molar-refractivity contribution in [3.63, 3.8) is 0 Å². The average molecular weight is 290 g/mol. The van der Waals surface area contributed by atoms with E-state index in [0.717, 1.165) is 10.9 Å². The maximum absolute atomic E-state index is 11.5. The minimum atomic E-state index is -0.661. The Labute approximate surface area is 122 Å². The zero-order valence-electron chi connectivity index (χ0n) is 11.7. The summed E-state index contributed by atoms with van der Waals surface area (Å²) in [7, 11) is 0. The fraction of sp³-hybridized carbons (Fsp3) is 0.333. The number of hydrogen-bond acceptors (Lipinski definition) is 5. The largest absolute Gasteiger partial charge is 0.506 e. The normalized spacial score (nSPS) is 12.1. The lowest BCUT2D eigenvalue weighted by Gasteiger charge is -2.12. The molecular weight excluding hydrogens is 272 g/mol. The highest BCUT2D eigenvalue weighted by molar-refractivity contribution is 5.84. The summed E-state index contributed by atoms with van der Waals surface area (Å²) in [4.78, 5) is 15.7. The molecule has 0 aliphatic heterocycles. The van der Waals surface area contributed by atoms with Crippen LogP contribution in [0.2, 0.25) is 0 Å². The van der Waals surface area contributed by atoms with Crippen LogP contribution in [0.15, 0.2) is 30.5 Å². The predicted molar refractivity (Wildman–Crippen MR) is 77.9 cm³/mol. The van der Waals surface area contributed by atoms with Crippen LogP contribution in [0.1, 0.15) is 18.9 Å². The molecule has 6 heteroatoms. The van der Waals surface area contributed by atoms with Gasteiger partial charge in [0.05, 0.1) is 24.4 Å². The minimum absolute atomic E-state index is 0.0163. The summed E-state index contributed by atoms with van der Waals surface area (Å²) in [5.74, 6) is 0.0163. The van der Waals surface area contributed by atoms with Crippen LogP contribution in [0, 0.1) is 0 Å². The molecule has 0 saturated heterocycles. The highest BCUT2D eigenvalue weighted by atomic mass is 16.6. The van der Waals surface area contributed by atoms with Crippen LogP contribution >= 0.6 is 0 Å². The molecule has 1 atom stereocenters. The van der Waals surface area contributed by atoms with E-state index < -0.39 is 12.2 Å². The SMILES string of the molecule is CC[C@H](O)COC(=O)NCc1c(O)cnc2ccccc12. The van der Waals surface area contributed by atoms with Gasteiger partial charge in [0.15, 0.2) is 0 Å². The number of pyridine rings is 1. The molecular formula is C15H18N2O4. The molecule has 2 aromatic rings. The second-order valence-corrected chi connectivity index (χ2v) is 4.65. The summed E-state index contributed by atoms with van der Waals surface area (Å²) >= 11 is 0. The lowest BCUT2D eigenvalue weighted by atomic mass is 10.1. The van der Waals surface area contributed by atoms with Crippen molar-refractivity contribution in [1.82, 2.24) is 10.3 Å². The molecule has 0 saturated carbocycles. The summed E-state index contributed by atoms with van der Waals surface area (Å²) in [6.45, 7) is 1.87. The molecule has 1 aromatic carbocycles. The van der Waals surface area contributed by atoms with Gasteiger partial charge in [0, 0.05) is 10.9 Å². The van der Waals surface area contributed by atoms with Crippen LogP contribution in [-0.4, -0.2) is 34.0 Å². The van der Waals surface area contributed by atoms with Crippen molar-refractivity contribution >= 4 is 17.0 Å². The van der Waals surface area contributed by atoms with E-state index in [0.29, 0.717) is 12.0 Å². The number of benzene rings is 1. The molecule has 1 amide bonds. The van der Waals surface area contributed by atoms with E-state index in [4.69, 9.17) is 4.74 Å². The van der Waals surface area contributed by atoms with Crippen molar-refractivity contribution < 1.29 is 19.7 Å². The number of ether oxygens (including phenoxy) is 1. The zero-order valence-corrected chi connectivity index (χ0v) is 11.7. The number of hydrogen-bond donors (Lipinski definition) is 3. The molecule has 0 aliphatic carbocycles. The molecule has 1 aromatic heterocycles. The second kappa shape index (κ2) is 6.90. The minimum Gasteiger partial charge on any atom is -0.506 e. The summed E-state index contributed by atoms with van der Waals surface area (Å²) in [5.41, 5.74) is 1.32. The van der Waals surface area contributed by atoms with Crippen molar-refractivity contribution in [3.8, 4) is 5.75 Å². The number of rotatable bonds is 5. The van der Waals surface area contributed by atoms with Gasteiger partial charge in [-0.25, -0.2) is 4.79 Å². The molecule has 1 heterocycles. The standard InChI is InChI=1S/C15H18N2O4/c1-2-10(18)9-21-15(20)17-7-12-11-5-3-4-6-13(11)16-8-14(12)19/h3-6,8,10,18-19H,2,7,9H2,1H3,(H,17,20)/t10-/m0/s1. The molecule has 0 aliphatic rings. The van der Waals surface area contributed by atoms with Crippen LogP contribution in [0.25, 0.3) is 10.9 Å². The van der Waals surface area contributed by atoms with Gasteiger partial charge < -0.3 is 20.3 Å². The number of nitrogens with one attached hydrogen (secondary N) is 1. The number of aliphatic hydroxyl groups is 1. The van der Waals surface area contributed by atoms with Crippen molar-refractivity contribution in [2.75, 3.05) is 6.61 Å². The number of carbonyl (C=O) groups excluding carboxylic acids is 1. The molecule has 0 spiro atoms. The number of carbonyl (C=O) groups is 1. The average Bonchev–Trinajstić information content (AvgIpc) is 2.51. The van der Waals surface area contributed by atoms with Crippen LogP contribution in [-0.2, 0) is 11.3 Å². The van der Waals surface area contributed by atoms with E-state index >= 15 is 0 Å². The first kappa shape index (κ1) is 15.1. The van der Waals surface area contributed by atoms with Crippen LogP contribution in [0.3, 0.4) is 0 Å². The number of aromatic hydroxyl groups is 1. The third-order valence-electron chi connectivity index (χ3n) is 3.15.